The second kappa shape index (κ2) is 8.27. The molecule has 8 aliphatic rings. The van der Waals surface area contributed by atoms with Crippen molar-refractivity contribution < 1.29 is 23.0 Å². The minimum absolute atomic E-state index is 0.0137. The van der Waals surface area contributed by atoms with Crippen LogP contribution in [0.4, 0.5) is 10.1 Å². The lowest BCUT2D eigenvalue weighted by Crippen LogP contribution is -2.71. The summed E-state index contributed by atoms with van der Waals surface area (Å²) < 4.78 is 31.6. The summed E-state index contributed by atoms with van der Waals surface area (Å²) in [5.41, 5.74) is -0.582. The van der Waals surface area contributed by atoms with Crippen molar-refractivity contribution in [2.24, 2.45) is 10.8 Å². The standard InChI is InChI=1S/C32H36FN5O4/c1-40-32(13-14-32)26-35-24(37-42-26)21-3-2-4-22(15-21)38(27(39)30-16-31(33,17-30)18-30)19-28-7-10-29(11-8-28,12-9-28)25-34-23(36-41-25)20-5-6-20/h2-4,15,20H,5-14,16-19H2,1H3. The number of hydrogen-bond acceptors (Lipinski definition) is 8. The molecule has 1 amide bonds. The molecule has 0 spiro atoms. The number of anilines is 1. The number of fused-ring (bicyclic) bond motifs is 3. The van der Waals surface area contributed by atoms with E-state index in [-0.39, 0.29) is 16.7 Å². The van der Waals surface area contributed by atoms with Gasteiger partial charge in [0, 0.05) is 36.2 Å². The third kappa shape index (κ3) is 3.66. The van der Waals surface area contributed by atoms with E-state index in [4.69, 9.17) is 18.8 Å². The van der Waals surface area contributed by atoms with Gasteiger partial charge < -0.3 is 18.7 Å². The number of amides is 1. The smallest absolute Gasteiger partial charge is 0.259 e. The second-order valence-corrected chi connectivity index (χ2v) is 14.5. The van der Waals surface area contributed by atoms with Crippen molar-refractivity contribution in [2.75, 3.05) is 18.6 Å². The number of halogens is 1. The van der Waals surface area contributed by atoms with Crippen molar-refractivity contribution in [2.45, 2.75) is 106 Å². The van der Waals surface area contributed by atoms with Crippen molar-refractivity contribution in [3.63, 3.8) is 0 Å². The first-order valence-electron chi connectivity index (χ1n) is 15.6. The molecule has 10 heteroatoms. The molecule has 0 radical (unpaired) electrons. The van der Waals surface area contributed by atoms with Crippen molar-refractivity contribution in [1.82, 2.24) is 20.3 Å². The maximum Gasteiger partial charge on any atom is 0.259 e. The molecule has 8 aliphatic carbocycles. The SMILES string of the molecule is COC1(c2nc(-c3cccc(N(CC45CCC(c6nc(C7CC7)no6)(CC4)CC5)C(=O)C45CC(F)(C4)C5)c3)no2)CC1. The highest BCUT2D eigenvalue weighted by Crippen LogP contribution is 2.70. The number of hydrogen-bond donors (Lipinski definition) is 0. The molecule has 2 heterocycles. The fourth-order valence-corrected chi connectivity index (χ4v) is 8.53. The molecule has 42 heavy (non-hydrogen) atoms. The molecule has 0 N–H and O–H groups in total. The molecule has 11 rings (SSSR count). The number of benzene rings is 1. The van der Waals surface area contributed by atoms with Gasteiger partial charge in [-0.1, -0.05) is 22.4 Å². The van der Waals surface area contributed by atoms with Crippen LogP contribution in [-0.2, 0) is 20.5 Å². The van der Waals surface area contributed by atoms with Crippen LogP contribution in [0.25, 0.3) is 11.4 Å². The van der Waals surface area contributed by atoms with E-state index < -0.39 is 16.7 Å². The van der Waals surface area contributed by atoms with Gasteiger partial charge in [-0.3, -0.25) is 4.79 Å². The molecule has 0 unspecified atom stereocenters. The Balaban J connectivity index is 0.995. The predicted molar refractivity (Wildman–Crippen MR) is 148 cm³/mol. The van der Waals surface area contributed by atoms with Gasteiger partial charge in [0.1, 0.15) is 11.3 Å². The summed E-state index contributed by atoms with van der Waals surface area (Å²) in [4.78, 5) is 25.7. The zero-order valence-electron chi connectivity index (χ0n) is 24.0. The van der Waals surface area contributed by atoms with E-state index in [2.05, 4.69) is 15.3 Å². The van der Waals surface area contributed by atoms with Gasteiger partial charge in [-0.05, 0) is 101 Å². The summed E-state index contributed by atoms with van der Waals surface area (Å²) in [6, 6.07) is 7.86. The summed E-state index contributed by atoms with van der Waals surface area (Å²) in [7, 11) is 1.67. The third-order valence-corrected chi connectivity index (χ3v) is 11.7. The summed E-state index contributed by atoms with van der Waals surface area (Å²) >= 11 is 0. The van der Waals surface area contributed by atoms with Crippen LogP contribution in [0.3, 0.4) is 0 Å². The molecule has 0 atom stereocenters. The molecular weight excluding hydrogens is 537 g/mol. The number of carbonyl (C=O) groups excluding carboxylic acids is 1. The van der Waals surface area contributed by atoms with Gasteiger partial charge in [0.15, 0.2) is 5.82 Å². The van der Waals surface area contributed by atoms with Crippen LogP contribution in [0.5, 0.6) is 0 Å². The monoisotopic (exact) mass is 573 g/mol. The number of carbonyl (C=O) groups is 1. The van der Waals surface area contributed by atoms with Crippen LogP contribution in [0.15, 0.2) is 33.3 Å². The molecule has 4 bridgehead atoms. The summed E-state index contributed by atoms with van der Waals surface area (Å²) in [6.07, 6.45) is 11.1. The topological polar surface area (TPSA) is 107 Å². The lowest BCUT2D eigenvalue weighted by atomic mass is 9.41. The van der Waals surface area contributed by atoms with Gasteiger partial charge in [-0.2, -0.15) is 9.97 Å². The highest BCUT2D eigenvalue weighted by Gasteiger charge is 2.73. The van der Waals surface area contributed by atoms with E-state index in [0.29, 0.717) is 43.4 Å². The zero-order chi connectivity index (χ0) is 28.4. The van der Waals surface area contributed by atoms with Crippen LogP contribution in [0.1, 0.15) is 107 Å². The van der Waals surface area contributed by atoms with E-state index in [9.17, 15) is 9.18 Å². The Morgan fingerprint density at radius 2 is 1.69 bits per heavy atom. The zero-order valence-corrected chi connectivity index (χ0v) is 24.0. The number of aromatic nitrogens is 4. The van der Waals surface area contributed by atoms with Crippen LogP contribution in [0, 0.1) is 10.8 Å². The Bertz CT molecular complexity index is 1540. The molecule has 8 saturated carbocycles. The third-order valence-electron chi connectivity index (χ3n) is 11.7. The van der Waals surface area contributed by atoms with Crippen molar-refractivity contribution in [3.05, 3.63) is 41.9 Å². The summed E-state index contributed by atoms with van der Waals surface area (Å²) in [5.74, 6) is 3.23. The maximum absolute atomic E-state index is 14.6. The number of alkyl halides is 1. The van der Waals surface area contributed by atoms with Crippen LogP contribution in [-0.4, -0.2) is 45.5 Å². The van der Waals surface area contributed by atoms with Gasteiger partial charge >= 0.3 is 0 Å². The van der Waals surface area contributed by atoms with Gasteiger partial charge in [0.25, 0.3) is 5.89 Å². The number of nitrogens with zero attached hydrogens (tertiary/aromatic N) is 5. The molecular formula is C32H36FN5O4. The van der Waals surface area contributed by atoms with E-state index in [1.54, 1.807) is 7.11 Å². The fraction of sp³-hybridized carbons (Fsp3) is 0.656. The number of ether oxygens (including phenoxy) is 1. The average molecular weight is 574 g/mol. The molecule has 9 nitrogen and oxygen atoms in total. The first-order valence-corrected chi connectivity index (χ1v) is 15.6. The van der Waals surface area contributed by atoms with E-state index >= 15 is 0 Å². The normalized spacial score (nSPS) is 35.4. The van der Waals surface area contributed by atoms with Crippen molar-refractivity contribution in [1.29, 1.82) is 0 Å². The minimum Gasteiger partial charge on any atom is -0.368 e. The molecule has 1 aromatic carbocycles. The maximum atomic E-state index is 14.6. The molecule has 0 aliphatic heterocycles. The molecule has 8 fully saturated rings. The highest BCUT2D eigenvalue weighted by molar-refractivity contribution is 6.00. The quantitative estimate of drug-likeness (QED) is 0.300. The minimum atomic E-state index is -1.14. The van der Waals surface area contributed by atoms with Gasteiger partial charge in [0.2, 0.25) is 17.6 Å². The Labute approximate surface area is 243 Å². The van der Waals surface area contributed by atoms with Gasteiger partial charge in [-0.25, -0.2) is 4.39 Å². The lowest BCUT2D eigenvalue weighted by Gasteiger charge is -2.65. The molecule has 220 valence electrons. The van der Waals surface area contributed by atoms with Gasteiger partial charge in [0.05, 0.1) is 5.41 Å². The molecule has 2 aromatic heterocycles. The van der Waals surface area contributed by atoms with Crippen LogP contribution < -0.4 is 4.90 Å². The number of rotatable bonds is 9. The van der Waals surface area contributed by atoms with E-state index in [1.807, 2.05) is 29.2 Å². The lowest BCUT2D eigenvalue weighted by molar-refractivity contribution is -0.211. The van der Waals surface area contributed by atoms with Crippen molar-refractivity contribution >= 4 is 11.6 Å². The van der Waals surface area contributed by atoms with E-state index in [0.717, 1.165) is 87.2 Å². The van der Waals surface area contributed by atoms with Crippen LogP contribution in [0.2, 0.25) is 0 Å². The largest absolute Gasteiger partial charge is 0.368 e. The number of methoxy groups -OCH3 is 1. The highest BCUT2D eigenvalue weighted by atomic mass is 19.1. The Hall–Kier alpha value is -3.14. The Kier molecular flexibility index (Phi) is 5.00. The Morgan fingerprint density at radius 3 is 2.33 bits per heavy atom. The van der Waals surface area contributed by atoms with Gasteiger partial charge in [-0.15, -0.1) is 0 Å². The fourth-order valence-electron chi connectivity index (χ4n) is 8.53. The predicted octanol–water partition coefficient (Wildman–Crippen LogP) is 6.15. The average Bonchev–Trinajstić information content (AvgIpc) is 3.90. The summed E-state index contributed by atoms with van der Waals surface area (Å²) in [6.45, 7) is 0.633. The first kappa shape index (κ1) is 25.4. The molecule has 0 saturated heterocycles. The van der Waals surface area contributed by atoms with Crippen molar-refractivity contribution in [3.8, 4) is 11.4 Å². The summed E-state index contributed by atoms with van der Waals surface area (Å²) in [5, 5.41) is 8.55. The van der Waals surface area contributed by atoms with Crippen LogP contribution >= 0.6 is 0 Å². The second-order valence-electron chi connectivity index (χ2n) is 14.5. The van der Waals surface area contributed by atoms with E-state index in [1.165, 1.54) is 0 Å². The molecule has 3 aromatic rings. The Morgan fingerprint density at radius 1 is 0.976 bits per heavy atom. The first-order chi connectivity index (χ1) is 20.3.